The summed E-state index contributed by atoms with van der Waals surface area (Å²) in [7, 11) is 0. The second-order valence-electron chi connectivity index (χ2n) is 5.30. The lowest BCUT2D eigenvalue weighted by Gasteiger charge is -2.33. The van der Waals surface area contributed by atoms with Crippen molar-refractivity contribution < 1.29 is 18.3 Å². The molecule has 2 rings (SSSR count). The van der Waals surface area contributed by atoms with Gasteiger partial charge in [-0.1, -0.05) is 18.0 Å². The third kappa shape index (κ3) is 3.11. The molecule has 114 valence electrons. The molecule has 0 spiro atoms. The number of aliphatic hydroxyl groups is 1. The van der Waals surface area contributed by atoms with Crippen LogP contribution in [0.3, 0.4) is 0 Å². The van der Waals surface area contributed by atoms with Gasteiger partial charge in [0.1, 0.15) is 0 Å². The van der Waals surface area contributed by atoms with Gasteiger partial charge < -0.3 is 5.11 Å². The van der Waals surface area contributed by atoms with Crippen molar-refractivity contribution in [2.75, 3.05) is 0 Å². The number of alkyl halides is 3. The summed E-state index contributed by atoms with van der Waals surface area (Å²) in [6.07, 6.45) is -2.59. The zero-order chi connectivity index (χ0) is 14.9. The van der Waals surface area contributed by atoms with Crippen LogP contribution in [0.2, 0.25) is 5.02 Å². The topological polar surface area (TPSA) is 38.0 Å². The standard InChI is InChI=1S/C13H18ClF3N2O/c1-2-19-11(10(14)7-18-19)12(20)8-4-3-5-9(6-8)13(15,16)17/h7-9,12,20H,2-6H2,1H3. The third-order valence-electron chi connectivity index (χ3n) is 4.04. The van der Waals surface area contributed by atoms with Crippen molar-refractivity contribution in [2.24, 2.45) is 11.8 Å². The van der Waals surface area contributed by atoms with Crippen molar-refractivity contribution in [1.82, 2.24) is 9.78 Å². The molecule has 3 unspecified atom stereocenters. The van der Waals surface area contributed by atoms with Crippen LogP contribution in [0.4, 0.5) is 13.2 Å². The average Bonchev–Trinajstić information content (AvgIpc) is 2.78. The van der Waals surface area contributed by atoms with Crippen LogP contribution in [-0.4, -0.2) is 21.1 Å². The first-order valence-corrected chi connectivity index (χ1v) is 7.18. The molecule has 20 heavy (non-hydrogen) atoms. The molecule has 1 fully saturated rings. The molecule has 1 heterocycles. The van der Waals surface area contributed by atoms with Crippen LogP contribution < -0.4 is 0 Å². The number of hydrogen-bond acceptors (Lipinski definition) is 2. The Labute approximate surface area is 120 Å². The number of aryl methyl sites for hydroxylation is 1. The lowest BCUT2D eigenvalue weighted by molar-refractivity contribution is -0.189. The van der Waals surface area contributed by atoms with Gasteiger partial charge in [0.2, 0.25) is 0 Å². The quantitative estimate of drug-likeness (QED) is 0.917. The van der Waals surface area contributed by atoms with Gasteiger partial charge in [-0.15, -0.1) is 0 Å². The fourth-order valence-corrected chi connectivity index (χ4v) is 3.21. The number of hydrogen-bond donors (Lipinski definition) is 1. The van der Waals surface area contributed by atoms with E-state index in [0.29, 0.717) is 30.1 Å². The maximum absolute atomic E-state index is 12.8. The van der Waals surface area contributed by atoms with E-state index in [-0.39, 0.29) is 12.8 Å². The Bertz CT molecular complexity index is 461. The van der Waals surface area contributed by atoms with Crippen molar-refractivity contribution >= 4 is 11.6 Å². The molecule has 0 aromatic carbocycles. The van der Waals surface area contributed by atoms with Crippen LogP contribution >= 0.6 is 11.6 Å². The molecule has 7 heteroatoms. The minimum atomic E-state index is -4.19. The summed E-state index contributed by atoms with van der Waals surface area (Å²) in [4.78, 5) is 0. The van der Waals surface area contributed by atoms with Crippen molar-refractivity contribution in [2.45, 2.75) is 51.4 Å². The monoisotopic (exact) mass is 310 g/mol. The molecule has 1 N–H and O–H groups in total. The predicted octanol–water partition coefficient (Wildman–Crippen LogP) is 3.96. The van der Waals surface area contributed by atoms with E-state index < -0.39 is 24.1 Å². The number of rotatable bonds is 3. The molecule has 1 aromatic heterocycles. The molecule has 1 aromatic rings. The highest BCUT2D eigenvalue weighted by Gasteiger charge is 2.44. The maximum Gasteiger partial charge on any atom is 0.391 e. The normalized spacial score (nSPS) is 25.7. The number of aromatic nitrogens is 2. The molecule has 0 amide bonds. The summed E-state index contributed by atoms with van der Waals surface area (Å²) in [5, 5.41) is 14.7. The van der Waals surface area contributed by atoms with E-state index in [1.54, 1.807) is 4.68 Å². The first-order chi connectivity index (χ1) is 9.34. The Kier molecular flexibility index (Phi) is 4.64. The number of nitrogens with zero attached hydrogens (tertiary/aromatic N) is 2. The average molecular weight is 311 g/mol. The highest BCUT2D eigenvalue weighted by atomic mass is 35.5. The first-order valence-electron chi connectivity index (χ1n) is 6.80. The number of halogens is 4. The molecule has 0 aliphatic heterocycles. The zero-order valence-corrected chi connectivity index (χ0v) is 12.0. The second-order valence-corrected chi connectivity index (χ2v) is 5.71. The van der Waals surface area contributed by atoms with E-state index in [4.69, 9.17) is 11.6 Å². The predicted molar refractivity (Wildman–Crippen MR) is 69.4 cm³/mol. The van der Waals surface area contributed by atoms with E-state index in [1.807, 2.05) is 6.92 Å². The Balaban J connectivity index is 2.16. The van der Waals surface area contributed by atoms with Gasteiger partial charge >= 0.3 is 6.18 Å². The van der Waals surface area contributed by atoms with Crippen molar-refractivity contribution in [3.05, 3.63) is 16.9 Å². The van der Waals surface area contributed by atoms with E-state index >= 15 is 0 Å². The Morgan fingerprint density at radius 3 is 2.80 bits per heavy atom. The van der Waals surface area contributed by atoms with Gasteiger partial charge in [-0.2, -0.15) is 18.3 Å². The van der Waals surface area contributed by atoms with Gasteiger partial charge in [0.05, 0.1) is 28.9 Å². The van der Waals surface area contributed by atoms with Gasteiger partial charge in [-0.25, -0.2) is 0 Å². The summed E-state index contributed by atoms with van der Waals surface area (Å²) in [6, 6.07) is 0. The maximum atomic E-state index is 12.8. The minimum Gasteiger partial charge on any atom is -0.386 e. The smallest absolute Gasteiger partial charge is 0.386 e. The second kappa shape index (κ2) is 5.93. The van der Waals surface area contributed by atoms with E-state index in [1.165, 1.54) is 6.20 Å². The van der Waals surface area contributed by atoms with Crippen molar-refractivity contribution in [3.63, 3.8) is 0 Å². The fraction of sp³-hybridized carbons (Fsp3) is 0.769. The highest BCUT2D eigenvalue weighted by molar-refractivity contribution is 6.31. The molecule has 0 radical (unpaired) electrons. The van der Waals surface area contributed by atoms with Crippen LogP contribution in [0.15, 0.2) is 6.20 Å². The summed E-state index contributed by atoms with van der Waals surface area (Å²) in [6.45, 7) is 2.37. The van der Waals surface area contributed by atoms with E-state index in [9.17, 15) is 18.3 Å². The fourth-order valence-electron chi connectivity index (χ4n) is 2.95. The Hall–Kier alpha value is -0.750. The Morgan fingerprint density at radius 2 is 2.20 bits per heavy atom. The highest BCUT2D eigenvalue weighted by Crippen LogP contribution is 2.44. The van der Waals surface area contributed by atoms with Gasteiger partial charge in [0, 0.05) is 6.54 Å². The summed E-state index contributed by atoms with van der Waals surface area (Å²) in [5.74, 6) is -1.75. The van der Waals surface area contributed by atoms with E-state index in [0.717, 1.165) is 0 Å². The minimum absolute atomic E-state index is 0.0457. The number of aliphatic hydroxyl groups excluding tert-OH is 1. The van der Waals surface area contributed by atoms with E-state index in [2.05, 4.69) is 5.10 Å². The molecule has 3 nitrogen and oxygen atoms in total. The van der Waals surface area contributed by atoms with Crippen LogP contribution in [-0.2, 0) is 6.54 Å². The molecular formula is C13H18ClF3N2O. The lowest BCUT2D eigenvalue weighted by atomic mass is 9.77. The molecular weight excluding hydrogens is 293 g/mol. The van der Waals surface area contributed by atoms with Crippen LogP contribution in [0.25, 0.3) is 0 Å². The summed E-state index contributed by atoms with van der Waals surface area (Å²) >= 11 is 6.00. The van der Waals surface area contributed by atoms with Crippen LogP contribution in [0.1, 0.15) is 44.4 Å². The summed E-state index contributed by atoms with van der Waals surface area (Å²) < 4.78 is 40.0. The van der Waals surface area contributed by atoms with Gasteiger partial charge in [-0.3, -0.25) is 4.68 Å². The first kappa shape index (κ1) is 15.6. The molecule has 3 atom stereocenters. The molecule has 1 aliphatic carbocycles. The molecule has 0 saturated heterocycles. The Morgan fingerprint density at radius 1 is 1.50 bits per heavy atom. The van der Waals surface area contributed by atoms with Crippen molar-refractivity contribution in [3.8, 4) is 0 Å². The largest absolute Gasteiger partial charge is 0.391 e. The SMILES string of the molecule is CCn1ncc(Cl)c1C(O)C1CCCC(C(F)(F)F)C1. The van der Waals surface area contributed by atoms with Gasteiger partial charge in [0.25, 0.3) is 0 Å². The molecule has 0 bridgehead atoms. The van der Waals surface area contributed by atoms with Crippen LogP contribution in [0.5, 0.6) is 0 Å². The van der Waals surface area contributed by atoms with Crippen molar-refractivity contribution in [1.29, 1.82) is 0 Å². The van der Waals surface area contributed by atoms with Crippen LogP contribution in [0, 0.1) is 11.8 Å². The third-order valence-corrected chi connectivity index (χ3v) is 4.33. The van der Waals surface area contributed by atoms with Gasteiger partial charge in [-0.05, 0) is 32.1 Å². The summed E-state index contributed by atoms with van der Waals surface area (Å²) in [5.41, 5.74) is 0.432. The zero-order valence-electron chi connectivity index (χ0n) is 11.2. The molecule has 1 aliphatic rings. The lowest BCUT2D eigenvalue weighted by Crippen LogP contribution is -2.31. The van der Waals surface area contributed by atoms with Gasteiger partial charge in [0.15, 0.2) is 0 Å². The molecule has 1 saturated carbocycles.